The number of nitrogens with one attached hydrogen (secondary N) is 2. The van der Waals surface area contributed by atoms with E-state index in [1.165, 1.54) is 5.56 Å². The van der Waals surface area contributed by atoms with Crippen molar-refractivity contribution < 1.29 is 9.84 Å². The number of ether oxygens (including phenoxy) is 1. The summed E-state index contributed by atoms with van der Waals surface area (Å²) in [5.74, 6) is 1.57. The number of nitrogens with zero attached hydrogens (tertiary/aromatic N) is 1. The van der Waals surface area contributed by atoms with E-state index < -0.39 is 5.60 Å². The minimum atomic E-state index is -1.00. The first kappa shape index (κ1) is 19.8. The van der Waals surface area contributed by atoms with Crippen molar-refractivity contribution in [2.75, 3.05) is 26.7 Å². The van der Waals surface area contributed by atoms with Crippen molar-refractivity contribution in [1.82, 2.24) is 10.6 Å². The van der Waals surface area contributed by atoms with Gasteiger partial charge in [0.2, 0.25) is 0 Å². The van der Waals surface area contributed by atoms with E-state index in [2.05, 4.69) is 27.8 Å². The molecular formula is C21H29N3O2. The van der Waals surface area contributed by atoms with Gasteiger partial charge in [-0.05, 0) is 43.5 Å². The second-order valence-electron chi connectivity index (χ2n) is 6.36. The summed E-state index contributed by atoms with van der Waals surface area (Å²) in [6.45, 7) is 5.62. The molecule has 0 spiro atoms. The molecule has 0 aliphatic heterocycles. The van der Waals surface area contributed by atoms with Crippen molar-refractivity contribution in [3.8, 4) is 5.75 Å². The number of rotatable bonds is 8. The predicted octanol–water partition coefficient (Wildman–Crippen LogP) is 2.70. The molecule has 0 amide bonds. The molecule has 3 N–H and O–H groups in total. The van der Waals surface area contributed by atoms with E-state index in [0.717, 1.165) is 30.8 Å². The van der Waals surface area contributed by atoms with Gasteiger partial charge in [0.1, 0.15) is 11.4 Å². The van der Waals surface area contributed by atoms with Gasteiger partial charge in [-0.15, -0.1) is 0 Å². The highest BCUT2D eigenvalue weighted by Crippen LogP contribution is 2.20. The summed E-state index contributed by atoms with van der Waals surface area (Å²) in [5.41, 5.74) is 1.09. The smallest absolute Gasteiger partial charge is 0.191 e. The summed E-state index contributed by atoms with van der Waals surface area (Å²) in [4.78, 5) is 4.54. The van der Waals surface area contributed by atoms with Crippen molar-refractivity contribution in [2.24, 2.45) is 4.99 Å². The van der Waals surface area contributed by atoms with Crippen LogP contribution in [0.4, 0.5) is 0 Å². The fourth-order valence-electron chi connectivity index (χ4n) is 2.58. The highest BCUT2D eigenvalue weighted by atomic mass is 16.5. The number of benzene rings is 2. The van der Waals surface area contributed by atoms with Crippen molar-refractivity contribution >= 4 is 5.96 Å². The van der Waals surface area contributed by atoms with Crippen LogP contribution in [0.2, 0.25) is 0 Å². The summed E-state index contributed by atoms with van der Waals surface area (Å²) < 4.78 is 5.18. The summed E-state index contributed by atoms with van der Waals surface area (Å²) in [5, 5.41) is 17.2. The van der Waals surface area contributed by atoms with Gasteiger partial charge in [-0.3, -0.25) is 0 Å². The zero-order valence-corrected chi connectivity index (χ0v) is 15.8. The predicted molar refractivity (Wildman–Crippen MR) is 107 cm³/mol. The van der Waals surface area contributed by atoms with Crippen molar-refractivity contribution in [1.29, 1.82) is 0 Å². The Hall–Kier alpha value is -2.53. The highest BCUT2D eigenvalue weighted by molar-refractivity contribution is 5.79. The van der Waals surface area contributed by atoms with Gasteiger partial charge in [0.05, 0.1) is 13.7 Å². The van der Waals surface area contributed by atoms with E-state index in [1.54, 1.807) is 14.0 Å². The number of aliphatic imine (C=N–C) groups is 1. The summed E-state index contributed by atoms with van der Waals surface area (Å²) >= 11 is 0. The maximum atomic E-state index is 10.7. The summed E-state index contributed by atoms with van der Waals surface area (Å²) in [6.07, 6.45) is 0.878. The molecule has 0 saturated carbocycles. The van der Waals surface area contributed by atoms with Crippen LogP contribution in [0.5, 0.6) is 5.75 Å². The van der Waals surface area contributed by atoms with E-state index >= 15 is 0 Å². The Morgan fingerprint density at radius 1 is 1.08 bits per heavy atom. The third kappa shape index (κ3) is 6.08. The van der Waals surface area contributed by atoms with Gasteiger partial charge in [0.15, 0.2) is 5.96 Å². The summed E-state index contributed by atoms with van der Waals surface area (Å²) in [7, 11) is 1.67. The first-order chi connectivity index (χ1) is 12.5. The molecule has 1 atom stereocenters. The Morgan fingerprint density at radius 2 is 1.77 bits per heavy atom. The molecule has 5 nitrogen and oxygen atoms in total. The Kier molecular flexibility index (Phi) is 7.48. The standard InChI is InChI=1S/C21H29N3O2/c1-4-22-20(23-15-14-17-10-12-19(26-3)13-11-17)24-16-21(2,25)18-8-6-5-7-9-18/h5-13,25H,4,14-16H2,1-3H3,(H2,22,23,24). The first-order valence-corrected chi connectivity index (χ1v) is 8.98. The molecule has 0 aliphatic carbocycles. The third-order valence-corrected chi connectivity index (χ3v) is 4.15. The van der Waals surface area contributed by atoms with E-state index in [4.69, 9.17) is 4.74 Å². The molecule has 0 radical (unpaired) electrons. The zero-order valence-electron chi connectivity index (χ0n) is 15.8. The van der Waals surface area contributed by atoms with Crippen LogP contribution in [0.3, 0.4) is 0 Å². The van der Waals surface area contributed by atoms with E-state index in [9.17, 15) is 5.11 Å². The van der Waals surface area contributed by atoms with E-state index in [-0.39, 0.29) is 6.54 Å². The van der Waals surface area contributed by atoms with Crippen LogP contribution in [0, 0.1) is 0 Å². The number of methoxy groups -OCH3 is 1. The molecule has 5 heteroatoms. The molecule has 0 aliphatic rings. The lowest BCUT2D eigenvalue weighted by atomic mass is 9.96. The molecular weight excluding hydrogens is 326 g/mol. The Balaban J connectivity index is 1.91. The van der Waals surface area contributed by atoms with Crippen LogP contribution in [0.25, 0.3) is 0 Å². The first-order valence-electron chi connectivity index (χ1n) is 8.98. The topological polar surface area (TPSA) is 65.9 Å². The monoisotopic (exact) mass is 355 g/mol. The normalized spacial score (nSPS) is 13.8. The number of hydrogen-bond acceptors (Lipinski definition) is 3. The van der Waals surface area contributed by atoms with E-state index in [0.29, 0.717) is 5.96 Å². The van der Waals surface area contributed by atoms with Crippen LogP contribution < -0.4 is 15.4 Å². The number of aliphatic hydroxyl groups is 1. The molecule has 2 rings (SSSR count). The number of guanidine groups is 1. The minimum Gasteiger partial charge on any atom is -0.497 e. The Bertz CT molecular complexity index is 682. The van der Waals surface area contributed by atoms with Crippen molar-refractivity contribution in [2.45, 2.75) is 25.9 Å². The zero-order chi connectivity index (χ0) is 18.8. The van der Waals surface area contributed by atoms with Gasteiger partial charge in [0.25, 0.3) is 0 Å². The van der Waals surface area contributed by atoms with Gasteiger partial charge >= 0.3 is 0 Å². The molecule has 0 heterocycles. The van der Waals surface area contributed by atoms with Crippen LogP contribution in [0.15, 0.2) is 59.6 Å². The van der Waals surface area contributed by atoms with Gasteiger partial charge in [-0.1, -0.05) is 42.5 Å². The molecule has 1 unspecified atom stereocenters. The van der Waals surface area contributed by atoms with Crippen molar-refractivity contribution in [3.05, 3.63) is 65.7 Å². The molecule has 0 fully saturated rings. The molecule has 2 aromatic rings. The third-order valence-electron chi connectivity index (χ3n) is 4.15. The quantitative estimate of drug-likeness (QED) is 0.503. The Labute approximate surface area is 156 Å². The van der Waals surface area contributed by atoms with Gasteiger partial charge in [-0.25, -0.2) is 4.99 Å². The fraction of sp³-hybridized carbons (Fsp3) is 0.381. The van der Waals surface area contributed by atoms with Gasteiger partial charge in [-0.2, -0.15) is 0 Å². The average molecular weight is 355 g/mol. The average Bonchev–Trinajstić information content (AvgIpc) is 2.67. The maximum absolute atomic E-state index is 10.7. The lowest BCUT2D eigenvalue weighted by molar-refractivity contribution is 0.0672. The molecule has 2 aromatic carbocycles. The molecule has 0 aromatic heterocycles. The van der Waals surface area contributed by atoms with Gasteiger partial charge < -0.3 is 20.5 Å². The van der Waals surface area contributed by atoms with Crippen LogP contribution in [-0.2, 0) is 12.0 Å². The Morgan fingerprint density at radius 3 is 2.38 bits per heavy atom. The molecule has 26 heavy (non-hydrogen) atoms. The lowest BCUT2D eigenvalue weighted by Gasteiger charge is -2.22. The largest absolute Gasteiger partial charge is 0.497 e. The minimum absolute atomic E-state index is 0.287. The lowest BCUT2D eigenvalue weighted by Crippen LogP contribution is -2.39. The van der Waals surface area contributed by atoms with Crippen molar-refractivity contribution in [3.63, 3.8) is 0 Å². The molecule has 0 bridgehead atoms. The van der Waals surface area contributed by atoms with Crippen LogP contribution in [-0.4, -0.2) is 37.8 Å². The number of hydrogen-bond donors (Lipinski definition) is 3. The van der Waals surface area contributed by atoms with E-state index in [1.807, 2.05) is 49.4 Å². The SMILES string of the molecule is CCNC(=NCC(C)(O)c1ccccc1)NCCc1ccc(OC)cc1. The van der Waals surface area contributed by atoms with Gasteiger partial charge in [0, 0.05) is 13.1 Å². The van der Waals surface area contributed by atoms with Crippen LogP contribution >= 0.6 is 0 Å². The summed E-state index contributed by atoms with van der Waals surface area (Å²) in [6, 6.07) is 17.7. The molecule has 0 saturated heterocycles. The van der Waals surface area contributed by atoms with Crippen LogP contribution in [0.1, 0.15) is 25.0 Å². The second kappa shape index (κ2) is 9.82. The molecule has 140 valence electrons. The highest BCUT2D eigenvalue weighted by Gasteiger charge is 2.22. The maximum Gasteiger partial charge on any atom is 0.191 e. The second-order valence-corrected chi connectivity index (χ2v) is 6.36. The fourth-order valence-corrected chi connectivity index (χ4v) is 2.58.